The normalized spacial score (nSPS) is 20.3. The van der Waals surface area contributed by atoms with Crippen molar-refractivity contribution >= 4 is 28.9 Å². The number of nitrogens with zero attached hydrogens (tertiary/aromatic N) is 3. The van der Waals surface area contributed by atoms with Crippen molar-refractivity contribution in [3.8, 4) is 10.4 Å². The molecule has 1 unspecified atom stereocenters. The number of aromatic nitrogens is 3. The molecule has 0 bridgehead atoms. The summed E-state index contributed by atoms with van der Waals surface area (Å²) < 4.78 is 44.5. The summed E-state index contributed by atoms with van der Waals surface area (Å²) >= 11 is 1.42. The molecule has 3 heterocycles. The summed E-state index contributed by atoms with van der Waals surface area (Å²) in [6, 6.07) is 6.35. The first kappa shape index (κ1) is 22.2. The number of esters is 1. The Bertz CT molecular complexity index is 1190. The van der Waals surface area contributed by atoms with Crippen molar-refractivity contribution in [1.82, 2.24) is 15.0 Å². The summed E-state index contributed by atoms with van der Waals surface area (Å²) in [5, 5.41) is 3.54. The zero-order chi connectivity index (χ0) is 23.3. The quantitative estimate of drug-likeness (QED) is 0.490. The molecule has 3 aromatic rings. The van der Waals surface area contributed by atoms with E-state index in [2.05, 4.69) is 20.3 Å². The Morgan fingerprint density at radius 3 is 2.56 bits per heavy atom. The van der Waals surface area contributed by atoms with Crippen LogP contribution in [0.1, 0.15) is 43.5 Å². The summed E-state index contributed by atoms with van der Waals surface area (Å²) in [7, 11) is 0. The predicted molar refractivity (Wildman–Crippen MR) is 114 cm³/mol. The molecular formula is C22H21F3N4O2S. The highest BCUT2D eigenvalue weighted by atomic mass is 32.1. The molecule has 0 spiro atoms. The molecule has 168 valence electrons. The highest BCUT2D eigenvalue weighted by Crippen LogP contribution is 2.52. The average Bonchev–Trinajstić information content (AvgIpc) is 3.24. The van der Waals surface area contributed by atoms with Gasteiger partial charge in [-0.05, 0) is 43.2 Å². The van der Waals surface area contributed by atoms with Crippen molar-refractivity contribution in [3.05, 3.63) is 52.9 Å². The Hall–Kier alpha value is -3.01. The van der Waals surface area contributed by atoms with Crippen LogP contribution in [0.5, 0.6) is 0 Å². The molecule has 2 aromatic heterocycles. The van der Waals surface area contributed by atoms with Gasteiger partial charge in [0.25, 0.3) is 0 Å². The van der Waals surface area contributed by atoms with Crippen LogP contribution < -0.4 is 5.32 Å². The molecule has 0 saturated carbocycles. The van der Waals surface area contributed by atoms with Crippen molar-refractivity contribution in [1.29, 1.82) is 0 Å². The van der Waals surface area contributed by atoms with Gasteiger partial charge < -0.3 is 10.1 Å². The maximum atomic E-state index is 12.9. The van der Waals surface area contributed by atoms with E-state index in [0.717, 1.165) is 28.3 Å². The molecule has 1 aliphatic rings. The lowest BCUT2D eigenvalue weighted by molar-refractivity contribution is -0.150. The first-order valence-corrected chi connectivity index (χ1v) is 10.7. The molecular weight excluding hydrogens is 441 g/mol. The number of cyclic esters (lactones) is 1. The highest BCUT2D eigenvalue weighted by Gasteiger charge is 2.54. The molecule has 0 radical (unpaired) electrons. The van der Waals surface area contributed by atoms with Gasteiger partial charge in [-0.2, -0.15) is 13.2 Å². The molecule has 32 heavy (non-hydrogen) atoms. The molecule has 1 fully saturated rings. The van der Waals surface area contributed by atoms with E-state index in [-0.39, 0.29) is 11.9 Å². The van der Waals surface area contributed by atoms with Crippen LogP contribution in [0, 0.1) is 12.3 Å². The van der Waals surface area contributed by atoms with Crippen LogP contribution in [0.25, 0.3) is 10.4 Å². The molecule has 4 rings (SSSR count). The second kappa shape index (κ2) is 7.54. The first-order valence-electron chi connectivity index (χ1n) is 9.85. The molecule has 6 nitrogen and oxygen atoms in total. The smallest absolute Gasteiger partial charge is 0.433 e. The SMILES string of the molecule is Cc1cc(Nc2nccc(C(F)(F)F)n2)cc(-c2cnc(C3(C)OC(=O)CC3(C)C)s2)c1. The summed E-state index contributed by atoms with van der Waals surface area (Å²) in [5.41, 5.74) is 0.0214. The Morgan fingerprint density at radius 1 is 1.16 bits per heavy atom. The van der Waals surface area contributed by atoms with Crippen molar-refractivity contribution in [3.63, 3.8) is 0 Å². The van der Waals surface area contributed by atoms with Crippen LogP contribution in [0.15, 0.2) is 36.7 Å². The van der Waals surface area contributed by atoms with Crippen LogP contribution in [0.4, 0.5) is 24.8 Å². The van der Waals surface area contributed by atoms with Gasteiger partial charge in [-0.25, -0.2) is 15.0 Å². The number of hydrogen-bond acceptors (Lipinski definition) is 7. The molecule has 10 heteroatoms. The van der Waals surface area contributed by atoms with Crippen molar-refractivity contribution in [2.24, 2.45) is 5.41 Å². The summed E-state index contributed by atoms with van der Waals surface area (Å²) in [6.07, 6.45) is -1.46. The van der Waals surface area contributed by atoms with E-state index >= 15 is 0 Å². The predicted octanol–water partition coefficient (Wildman–Crippen LogP) is 5.86. The van der Waals surface area contributed by atoms with Gasteiger partial charge in [-0.3, -0.25) is 4.79 Å². The third-order valence-electron chi connectivity index (χ3n) is 5.67. The van der Waals surface area contributed by atoms with E-state index < -0.39 is 22.9 Å². The average molecular weight is 462 g/mol. The number of nitrogens with one attached hydrogen (secondary N) is 1. The lowest BCUT2D eigenvalue weighted by Crippen LogP contribution is -2.35. The fourth-order valence-corrected chi connectivity index (χ4v) is 4.76. The minimum Gasteiger partial charge on any atom is -0.451 e. The Kier molecular flexibility index (Phi) is 5.23. The van der Waals surface area contributed by atoms with E-state index in [9.17, 15) is 18.0 Å². The first-order chi connectivity index (χ1) is 14.9. The summed E-state index contributed by atoms with van der Waals surface area (Å²) in [5.74, 6) is -0.397. The van der Waals surface area contributed by atoms with Crippen LogP contribution in [0.2, 0.25) is 0 Å². The van der Waals surface area contributed by atoms with Gasteiger partial charge >= 0.3 is 12.1 Å². The fourth-order valence-electron chi connectivity index (χ4n) is 3.60. The largest absolute Gasteiger partial charge is 0.451 e. The van der Waals surface area contributed by atoms with Gasteiger partial charge in [0, 0.05) is 23.5 Å². The van der Waals surface area contributed by atoms with Gasteiger partial charge in [-0.15, -0.1) is 11.3 Å². The number of alkyl halides is 3. The molecule has 0 aliphatic carbocycles. The maximum absolute atomic E-state index is 12.9. The number of halogens is 3. The van der Waals surface area contributed by atoms with E-state index in [1.165, 1.54) is 11.3 Å². The Balaban J connectivity index is 1.64. The second-order valence-corrected chi connectivity index (χ2v) is 9.60. The Morgan fingerprint density at radius 2 is 1.91 bits per heavy atom. The van der Waals surface area contributed by atoms with Gasteiger partial charge in [0.05, 0.1) is 11.3 Å². The number of carbonyl (C=O) groups is 1. The number of benzene rings is 1. The monoisotopic (exact) mass is 462 g/mol. The molecule has 1 aliphatic heterocycles. The zero-order valence-electron chi connectivity index (χ0n) is 17.9. The van der Waals surface area contributed by atoms with E-state index in [1.54, 1.807) is 18.3 Å². The highest BCUT2D eigenvalue weighted by molar-refractivity contribution is 7.15. The van der Waals surface area contributed by atoms with Gasteiger partial charge in [0.15, 0.2) is 5.60 Å². The number of aryl methyl sites for hydroxylation is 1. The standard InChI is InChI=1S/C22H21F3N4O2S/c1-12-7-13(9-14(8-12)28-19-26-6-5-16(29-19)22(23,24)25)15-11-27-18(32-15)21(4)20(2,3)10-17(30)31-21/h5-9,11H,10H2,1-4H3,(H,26,28,29). The molecule has 1 N–H and O–H groups in total. The van der Waals surface area contributed by atoms with Crippen LogP contribution in [0.3, 0.4) is 0 Å². The van der Waals surface area contributed by atoms with Crippen molar-refractivity contribution < 1.29 is 22.7 Å². The zero-order valence-corrected chi connectivity index (χ0v) is 18.7. The van der Waals surface area contributed by atoms with Gasteiger partial charge in [0.1, 0.15) is 10.7 Å². The molecule has 1 saturated heterocycles. The van der Waals surface area contributed by atoms with Gasteiger partial charge in [-0.1, -0.05) is 19.9 Å². The van der Waals surface area contributed by atoms with Gasteiger partial charge in [0.2, 0.25) is 5.95 Å². The van der Waals surface area contributed by atoms with Crippen LogP contribution in [-0.4, -0.2) is 20.9 Å². The number of thiazole rings is 1. The number of carbonyl (C=O) groups excluding carboxylic acids is 1. The van der Waals surface area contributed by atoms with E-state index in [1.807, 2.05) is 33.8 Å². The minimum absolute atomic E-state index is 0.145. The van der Waals surface area contributed by atoms with Crippen molar-refractivity contribution in [2.45, 2.75) is 45.9 Å². The third kappa shape index (κ3) is 4.06. The maximum Gasteiger partial charge on any atom is 0.433 e. The van der Waals surface area contributed by atoms with Crippen LogP contribution in [-0.2, 0) is 21.3 Å². The lowest BCUT2D eigenvalue weighted by atomic mass is 9.76. The topological polar surface area (TPSA) is 77.0 Å². The number of anilines is 2. The fraction of sp³-hybridized carbons (Fsp3) is 0.364. The molecule has 1 aromatic carbocycles. The lowest BCUT2D eigenvalue weighted by Gasteiger charge is -2.33. The number of ether oxygens (including phenoxy) is 1. The molecule has 0 amide bonds. The second-order valence-electron chi connectivity index (χ2n) is 8.57. The van der Waals surface area contributed by atoms with E-state index in [0.29, 0.717) is 17.1 Å². The summed E-state index contributed by atoms with van der Waals surface area (Å²) in [4.78, 5) is 24.8. The Labute approximate surface area is 186 Å². The molecule has 1 atom stereocenters. The van der Waals surface area contributed by atoms with E-state index in [4.69, 9.17) is 4.74 Å². The van der Waals surface area contributed by atoms with Crippen LogP contribution >= 0.6 is 11.3 Å². The summed E-state index contributed by atoms with van der Waals surface area (Å²) in [6.45, 7) is 7.70. The third-order valence-corrected chi connectivity index (χ3v) is 6.92. The number of hydrogen-bond donors (Lipinski definition) is 1. The number of rotatable bonds is 4. The van der Waals surface area contributed by atoms with Crippen molar-refractivity contribution in [2.75, 3.05) is 5.32 Å². The minimum atomic E-state index is -4.55.